The van der Waals surface area contributed by atoms with E-state index in [1.54, 1.807) is 42.5 Å². The maximum atomic E-state index is 13.0. The topological polar surface area (TPSA) is 80.5 Å². The average Bonchev–Trinajstić information content (AvgIpc) is 2.62. The van der Waals surface area contributed by atoms with Gasteiger partial charge in [-0.05, 0) is 25.0 Å². The fraction of sp³-hybridized carbons (Fsp3) is 0.278. The summed E-state index contributed by atoms with van der Waals surface area (Å²) in [4.78, 5) is 12.8. The summed E-state index contributed by atoms with van der Waals surface area (Å²) in [5, 5.41) is 0. The first-order valence-corrected chi connectivity index (χ1v) is 9.38. The Bertz CT molecular complexity index is 840. The van der Waals surface area contributed by atoms with Crippen LogP contribution in [0.15, 0.2) is 59.5 Å². The van der Waals surface area contributed by atoms with E-state index in [0.717, 1.165) is 12.8 Å². The molecule has 1 aliphatic heterocycles. The highest BCUT2D eigenvalue weighted by atomic mass is 35.5. The fourth-order valence-electron chi connectivity index (χ4n) is 2.96. The molecule has 1 heterocycles. The van der Waals surface area contributed by atoms with Gasteiger partial charge in [0.15, 0.2) is 5.78 Å². The molecular formula is C18H21ClN2O3S. The lowest BCUT2D eigenvalue weighted by molar-refractivity contribution is 0.103. The van der Waals surface area contributed by atoms with E-state index in [1.807, 2.05) is 6.07 Å². The van der Waals surface area contributed by atoms with Gasteiger partial charge in [-0.1, -0.05) is 42.5 Å². The van der Waals surface area contributed by atoms with Crippen LogP contribution in [-0.4, -0.2) is 37.6 Å². The molecule has 0 amide bonds. The number of sulfonamides is 1. The molecule has 2 aromatic rings. The molecule has 3 rings (SSSR count). The Labute approximate surface area is 154 Å². The molecule has 0 bridgehead atoms. The average molecular weight is 381 g/mol. The Morgan fingerprint density at radius 1 is 1.04 bits per heavy atom. The van der Waals surface area contributed by atoms with Crippen LogP contribution in [0.25, 0.3) is 0 Å². The predicted octanol–water partition coefficient (Wildman–Crippen LogP) is 2.45. The van der Waals surface area contributed by atoms with Gasteiger partial charge in [0.25, 0.3) is 0 Å². The first kappa shape index (κ1) is 19.6. The second-order valence-corrected chi connectivity index (χ2v) is 7.86. The molecule has 1 atom stereocenters. The van der Waals surface area contributed by atoms with Gasteiger partial charge in [-0.25, -0.2) is 8.42 Å². The van der Waals surface area contributed by atoms with Crippen LogP contribution < -0.4 is 5.73 Å². The minimum Gasteiger partial charge on any atom is -0.327 e. The molecule has 2 aromatic carbocycles. The fourth-order valence-corrected chi connectivity index (χ4v) is 4.68. The lowest BCUT2D eigenvalue weighted by Gasteiger charge is -2.30. The van der Waals surface area contributed by atoms with Crippen LogP contribution in [0.1, 0.15) is 28.8 Å². The van der Waals surface area contributed by atoms with Gasteiger partial charge in [0.1, 0.15) is 0 Å². The zero-order valence-corrected chi connectivity index (χ0v) is 15.3. The van der Waals surface area contributed by atoms with Gasteiger partial charge >= 0.3 is 0 Å². The summed E-state index contributed by atoms with van der Waals surface area (Å²) >= 11 is 0. The van der Waals surface area contributed by atoms with E-state index in [0.29, 0.717) is 12.1 Å². The van der Waals surface area contributed by atoms with Crippen LogP contribution in [0.3, 0.4) is 0 Å². The first-order chi connectivity index (χ1) is 11.5. The highest BCUT2D eigenvalue weighted by Gasteiger charge is 2.31. The summed E-state index contributed by atoms with van der Waals surface area (Å²) in [6, 6.07) is 14.9. The molecule has 7 heteroatoms. The Hall–Kier alpha value is -1.73. The van der Waals surface area contributed by atoms with Crippen molar-refractivity contribution in [2.75, 3.05) is 13.1 Å². The van der Waals surface area contributed by atoms with Crippen LogP contribution in [0, 0.1) is 0 Å². The molecule has 0 radical (unpaired) electrons. The number of benzene rings is 2. The summed E-state index contributed by atoms with van der Waals surface area (Å²) in [6.07, 6.45) is 1.55. The highest BCUT2D eigenvalue weighted by molar-refractivity contribution is 7.89. The third-order valence-corrected chi connectivity index (χ3v) is 6.13. The Morgan fingerprint density at radius 2 is 1.68 bits per heavy atom. The van der Waals surface area contributed by atoms with Crippen molar-refractivity contribution in [3.8, 4) is 0 Å². The summed E-state index contributed by atoms with van der Waals surface area (Å²) in [7, 11) is -3.75. The third-order valence-electron chi connectivity index (χ3n) is 4.21. The van der Waals surface area contributed by atoms with Gasteiger partial charge in [-0.3, -0.25) is 4.79 Å². The van der Waals surface area contributed by atoms with Gasteiger partial charge < -0.3 is 5.73 Å². The minimum atomic E-state index is -3.75. The lowest BCUT2D eigenvalue weighted by Crippen LogP contribution is -2.45. The molecule has 1 aliphatic rings. The Morgan fingerprint density at radius 3 is 2.36 bits per heavy atom. The highest BCUT2D eigenvalue weighted by Crippen LogP contribution is 2.25. The van der Waals surface area contributed by atoms with Crippen molar-refractivity contribution in [1.82, 2.24) is 4.31 Å². The number of hydrogen-bond donors (Lipinski definition) is 1. The van der Waals surface area contributed by atoms with E-state index in [1.165, 1.54) is 10.4 Å². The molecule has 5 nitrogen and oxygen atoms in total. The zero-order chi connectivity index (χ0) is 17.2. The molecule has 0 aliphatic carbocycles. The van der Waals surface area contributed by atoms with Gasteiger partial charge in [-0.2, -0.15) is 4.31 Å². The maximum Gasteiger partial charge on any atom is 0.243 e. The zero-order valence-electron chi connectivity index (χ0n) is 13.7. The molecule has 0 spiro atoms. The first-order valence-electron chi connectivity index (χ1n) is 7.94. The van der Waals surface area contributed by atoms with E-state index in [2.05, 4.69) is 0 Å². The van der Waals surface area contributed by atoms with Crippen molar-refractivity contribution in [2.45, 2.75) is 23.8 Å². The van der Waals surface area contributed by atoms with Crippen molar-refractivity contribution < 1.29 is 13.2 Å². The van der Waals surface area contributed by atoms with E-state index >= 15 is 0 Å². The molecule has 0 aromatic heterocycles. The number of nitrogens with zero attached hydrogens (tertiary/aromatic N) is 1. The van der Waals surface area contributed by atoms with E-state index in [-0.39, 0.29) is 41.2 Å². The normalized spacial score (nSPS) is 18.4. The van der Waals surface area contributed by atoms with Crippen molar-refractivity contribution in [2.24, 2.45) is 5.73 Å². The van der Waals surface area contributed by atoms with Crippen LogP contribution >= 0.6 is 12.4 Å². The third kappa shape index (κ3) is 4.10. The van der Waals surface area contributed by atoms with E-state index in [4.69, 9.17) is 5.73 Å². The van der Waals surface area contributed by atoms with Crippen LogP contribution in [-0.2, 0) is 10.0 Å². The van der Waals surface area contributed by atoms with Crippen molar-refractivity contribution in [3.05, 3.63) is 65.7 Å². The van der Waals surface area contributed by atoms with E-state index < -0.39 is 10.0 Å². The molecule has 1 saturated heterocycles. The molecule has 134 valence electrons. The monoisotopic (exact) mass is 380 g/mol. The van der Waals surface area contributed by atoms with Crippen molar-refractivity contribution >= 4 is 28.2 Å². The summed E-state index contributed by atoms with van der Waals surface area (Å²) in [5.74, 6) is -0.295. The minimum absolute atomic E-state index is 0. The van der Waals surface area contributed by atoms with Crippen LogP contribution in [0.4, 0.5) is 0 Å². The quantitative estimate of drug-likeness (QED) is 0.826. The molecule has 0 saturated carbocycles. The lowest BCUT2D eigenvalue weighted by atomic mass is 10.0. The SMILES string of the molecule is Cl.NC1CCCN(S(=O)(=O)c2ccccc2C(=O)c2ccccc2)C1. The second kappa shape index (κ2) is 8.10. The number of ketones is 1. The standard InChI is InChI=1S/C18H20N2O3S.ClH/c19-15-9-6-12-20(13-15)24(22,23)17-11-5-4-10-16(17)18(21)14-7-2-1-3-8-14;/h1-5,7-8,10-11,15H,6,9,12-13,19H2;1H. The Kier molecular flexibility index (Phi) is 6.35. The number of carbonyl (C=O) groups is 1. The summed E-state index contributed by atoms with van der Waals surface area (Å²) in [6.45, 7) is 0.722. The van der Waals surface area contributed by atoms with Gasteiger partial charge in [0, 0.05) is 30.3 Å². The predicted molar refractivity (Wildman–Crippen MR) is 99.5 cm³/mol. The molecule has 25 heavy (non-hydrogen) atoms. The molecule has 1 fully saturated rings. The van der Waals surface area contributed by atoms with Crippen molar-refractivity contribution in [1.29, 1.82) is 0 Å². The summed E-state index contributed by atoms with van der Waals surface area (Å²) < 4.78 is 27.4. The number of halogens is 1. The number of nitrogens with two attached hydrogens (primary N) is 1. The van der Waals surface area contributed by atoms with Gasteiger partial charge in [0.2, 0.25) is 10.0 Å². The van der Waals surface area contributed by atoms with Gasteiger partial charge in [0.05, 0.1) is 4.90 Å². The maximum absolute atomic E-state index is 13.0. The van der Waals surface area contributed by atoms with Crippen LogP contribution in [0.2, 0.25) is 0 Å². The van der Waals surface area contributed by atoms with Gasteiger partial charge in [-0.15, -0.1) is 12.4 Å². The summed E-state index contributed by atoms with van der Waals surface area (Å²) in [5.41, 5.74) is 6.58. The second-order valence-electron chi connectivity index (χ2n) is 5.96. The molecule has 1 unspecified atom stereocenters. The smallest absolute Gasteiger partial charge is 0.243 e. The Balaban J connectivity index is 0.00000225. The van der Waals surface area contributed by atoms with E-state index in [9.17, 15) is 13.2 Å². The molecule has 2 N–H and O–H groups in total. The van der Waals surface area contributed by atoms with Crippen LogP contribution in [0.5, 0.6) is 0 Å². The number of hydrogen-bond acceptors (Lipinski definition) is 4. The largest absolute Gasteiger partial charge is 0.327 e. The number of rotatable bonds is 4. The number of piperidine rings is 1. The van der Waals surface area contributed by atoms with Crippen molar-refractivity contribution in [3.63, 3.8) is 0 Å². The number of carbonyl (C=O) groups excluding carboxylic acids is 1. The molecular weight excluding hydrogens is 360 g/mol.